The number of ether oxygens (including phenoxy) is 1. The fraction of sp³-hybridized carbons (Fsp3) is 0.333. The largest absolute Gasteiger partial charge is 0.462 e. The number of hydrogen-bond acceptors (Lipinski definition) is 3. The summed E-state index contributed by atoms with van der Waals surface area (Å²) in [5.74, 6) is -0.534. The van der Waals surface area contributed by atoms with Crippen LogP contribution in [0.1, 0.15) is 42.6 Å². The van der Waals surface area contributed by atoms with Gasteiger partial charge in [0.15, 0.2) is 0 Å². The van der Waals surface area contributed by atoms with Crippen LogP contribution in [0.5, 0.6) is 0 Å². The Bertz CT molecular complexity index is 719. The molecule has 4 nitrogen and oxygen atoms in total. The Hall–Kier alpha value is -1.62. The SMILES string of the molecule is CCOC(=O)c1c(C(C)C)c2cc(Br)ccc2[nH]c1=O. The van der Waals surface area contributed by atoms with Crippen LogP contribution in [0, 0.1) is 0 Å². The van der Waals surface area contributed by atoms with Crippen LogP contribution in [-0.4, -0.2) is 17.6 Å². The van der Waals surface area contributed by atoms with Crippen molar-refractivity contribution in [2.24, 2.45) is 0 Å². The molecule has 0 spiro atoms. The maximum Gasteiger partial charge on any atom is 0.344 e. The van der Waals surface area contributed by atoms with Gasteiger partial charge in [0, 0.05) is 15.4 Å². The third-order valence-corrected chi connectivity index (χ3v) is 3.57. The number of fused-ring (bicyclic) bond motifs is 1. The molecule has 20 heavy (non-hydrogen) atoms. The smallest absolute Gasteiger partial charge is 0.344 e. The second-order valence-corrected chi connectivity index (χ2v) is 5.72. The number of aromatic amines is 1. The van der Waals surface area contributed by atoms with Crippen LogP contribution in [0.25, 0.3) is 10.9 Å². The molecule has 1 heterocycles. The minimum absolute atomic E-state index is 0.0357. The number of halogens is 1. The van der Waals surface area contributed by atoms with Gasteiger partial charge in [-0.25, -0.2) is 4.79 Å². The van der Waals surface area contributed by atoms with Crippen molar-refractivity contribution in [3.05, 3.63) is 44.2 Å². The fourth-order valence-electron chi connectivity index (χ4n) is 2.30. The third-order valence-electron chi connectivity index (χ3n) is 3.07. The van der Waals surface area contributed by atoms with E-state index in [9.17, 15) is 9.59 Å². The minimum atomic E-state index is -0.570. The lowest BCUT2D eigenvalue weighted by Gasteiger charge is -2.14. The molecule has 2 rings (SSSR count). The summed E-state index contributed by atoms with van der Waals surface area (Å²) >= 11 is 3.42. The van der Waals surface area contributed by atoms with E-state index in [1.165, 1.54) is 0 Å². The van der Waals surface area contributed by atoms with Gasteiger partial charge >= 0.3 is 5.97 Å². The molecule has 0 radical (unpaired) electrons. The summed E-state index contributed by atoms with van der Waals surface area (Å²) in [6.07, 6.45) is 0. The van der Waals surface area contributed by atoms with Crippen molar-refractivity contribution in [3.63, 3.8) is 0 Å². The molecule has 0 bridgehead atoms. The van der Waals surface area contributed by atoms with E-state index in [0.717, 1.165) is 20.9 Å². The van der Waals surface area contributed by atoms with Crippen molar-refractivity contribution >= 4 is 32.8 Å². The lowest BCUT2D eigenvalue weighted by Crippen LogP contribution is -2.23. The molecule has 1 aromatic heterocycles. The van der Waals surface area contributed by atoms with E-state index >= 15 is 0 Å². The van der Waals surface area contributed by atoms with Crippen molar-refractivity contribution < 1.29 is 9.53 Å². The molecule has 0 saturated carbocycles. The number of carbonyl (C=O) groups is 1. The molecule has 0 amide bonds. The average molecular weight is 338 g/mol. The summed E-state index contributed by atoms with van der Waals surface area (Å²) in [5, 5.41) is 0.858. The lowest BCUT2D eigenvalue weighted by atomic mass is 9.94. The molecule has 5 heteroatoms. The Morgan fingerprint density at radius 2 is 2.10 bits per heavy atom. The molecule has 0 fully saturated rings. The van der Waals surface area contributed by atoms with Crippen molar-refractivity contribution in [1.29, 1.82) is 0 Å². The normalized spacial score (nSPS) is 11.1. The quantitative estimate of drug-likeness (QED) is 0.870. The number of nitrogens with one attached hydrogen (secondary N) is 1. The summed E-state index contributed by atoms with van der Waals surface area (Å²) in [4.78, 5) is 27.0. The number of rotatable bonds is 3. The molecule has 0 saturated heterocycles. The number of carbonyl (C=O) groups excluding carboxylic acids is 1. The first-order chi connectivity index (χ1) is 9.45. The second-order valence-electron chi connectivity index (χ2n) is 4.81. The predicted molar refractivity (Wildman–Crippen MR) is 82.3 cm³/mol. The maximum absolute atomic E-state index is 12.2. The Balaban J connectivity index is 2.85. The highest BCUT2D eigenvalue weighted by molar-refractivity contribution is 9.10. The summed E-state index contributed by atoms with van der Waals surface area (Å²) < 4.78 is 5.91. The van der Waals surface area contributed by atoms with Crippen LogP contribution in [0.3, 0.4) is 0 Å². The van der Waals surface area contributed by atoms with Gasteiger partial charge in [0.2, 0.25) is 0 Å². The first-order valence-electron chi connectivity index (χ1n) is 6.48. The van der Waals surface area contributed by atoms with Gasteiger partial charge in [0.25, 0.3) is 5.56 Å². The van der Waals surface area contributed by atoms with Crippen LogP contribution in [0.15, 0.2) is 27.5 Å². The standard InChI is InChI=1S/C15H16BrNO3/c1-4-20-15(19)13-12(8(2)3)10-7-9(16)5-6-11(10)17-14(13)18/h5-8H,4H2,1-3H3,(H,17,18). The molecule has 1 N–H and O–H groups in total. The zero-order valence-corrected chi connectivity index (χ0v) is 13.2. The number of aromatic nitrogens is 1. The van der Waals surface area contributed by atoms with Crippen LogP contribution in [0.4, 0.5) is 0 Å². The van der Waals surface area contributed by atoms with E-state index in [1.807, 2.05) is 32.0 Å². The number of pyridine rings is 1. The Morgan fingerprint density at radius 1 is 1.40 bits per heavy atom. The van der Waals surface area contributed by atoms with Crippen LogP contribution in [0.2, 0.25) is 0 Å². The van der Waals surface area contributed by atoms with Crippen LogP contribution < -0.4 is 5.56 Å². The third kappa shape index (κ3) is 2.63. The highest BCUT2D eigenvalue weighted by Gasteiger charge is 2.22. The summed E-state index contributed by atoms with van der Waals surface area (Å²) in [7, 11) is 0. The monoisotopic (exact) mass is 337 g/mol. The van der Waals surface area contributed by atoms with Crippen molar-refractivity contribution in [2.75, 3.05) is 6.61 Å². The highest BCUT2D eigenvalue weighted by Crippen LogP contribution is 2.28. The van der Waals surface area contributed by atoms with E-state index in [0.29, 0.717) is 0 Å². The summed E-state index contributed by atoms with van der Waals surface area (Å²) in [6, 6.07) is 5.58. The molecule has 0 unspecified atom stereocenters. The minimum Gasteiger partial charge on any atom is -0.462 e. The lowest BCUT2D eigenvalue weighted by molar-refractivity contribution is 0.0523. The number of H-pyrrole nitrogens is 1. The van der Waals surface area contributed by atoms with Crippen LogP contribution >= 0.6 is 15.9 Å². The molecule has 0 aliphatic heterocycles. The second kappa shape index (κ2) is 5.79. The highest BCUT2D eigenvalue weighted by atomic mass is 79.9. The van der Waals surface area contributed by atoms with Gasteiger partial charge in [-0.15, -0.1) is 0 Å². The van der Waals surface area contributed by atoms with Crippen molar-refractivity contribution in [1.82, 2.24) is 4.98 Å². The average Bonchev–Trinajstić information content (AvgIpc) is 2.37. The van der Waals surface area contributed by atoms with Gasteiger partial charge in [0.1, 0.15) is 5.56 Å². The predicted octanol–water partition coefficient (Wildman–Crippen LogP) is 3.59. The zero-order chi connectivity index (χ0) is 14.9. The van der Waals surface area contributed by atoms with Gasteiger partial charge in [-0.05, 0) is 36.6 Å². The van der Waals surface area contributed by atoms with Crippen molar-refractivity contribution in [3.8, 4) is 0 Å². The molecule has 1 aromatic carbocycles. The van der Waals surface area contributed by atoms with E-state index in [1.54, 1.807) is 6.92 Å². The van der Waals surface area contributed by atoms with E-state index < -0.39 is 11.5 Å². The summed E-state index contributed by atoms with van der Waals surface area (Å²) in [5.41, 5.74) is 1.15. The van der Waals surface area contributed by atoms with E-state index in [2.05, 4.69) is 20.9 Å². The van der Waals surface area contributed by atoms with Gasteiger partial charge in [-0.3, -0.25) is 4.79 Å². The first kappa shape index (κ1) is 14.8. The van der Waals surface area contributed by atoms with Gasteiger partial charge in [-0.2, -0.15) is 0 Å². The fourth-order valence-corrected chi connectivity index (χ4v) is 2.66. The van der Waals surface area contributed by atoms with Crippen LogP contribution in [-0.2, 0) is 4.74 Å². The molecule has 0 aliphatic rings. The maximum atomic E-state index is 12.2. The zero-order valence-electron chi connectivity index (χ0n) is 11.6. The number of esters is 1. The molecule has 106 valence electrons. The van der Waals surface area contributed by atoms with E-state index in [-0.39, 0.29) is 18.1 Å². The summed E-state index contributed by atoms with van der Waals surface area (Å²) in [6.45, 7) is 5.88. The topological polar surface area (TPSA) is 59.2 Å². The molecule has 0 atom stereocenters. The van der Waals surface area contributed by atoms with Crippen molar-refractivity contribution in [2.45, 2.75) is 26.7 Å². The number of hydrogen-bond donors (Lipinski definition) is 1. The van der Waals surface area contributed by atoms with E-state index in [4.69, 9.17) is 4.74 Å². The van der Waals surface area contributed by atoms with Gasteiger partial charge in [-0.1, -0.05) is 29.8 Å². The first-order valence-corrected chi connectivity index (χ1v) is 7.27. The van der Waals surface area contributed by atoms with Gasteiger partial charge < -0.3 is 9.72 Å². The Labute approximate surface area is 125 Å². The molecule has 0 aliphatic carbocycles. The Kier molecular flexibility index (Phi) is 4.28. The van der Waals surface area contributed by atoms with Gasteiger partial charge in [0.05, 0.1) is 6.61 Å². The molecule has 2 aromatic rings. The molecular formula is C15H16BrNO3. The molecular weight excluding hydrogens is 322 g/mol. The Morgan fingerprint density at radius 3 is 2.70 bits per heavy atom. The number of benzene rings is 1.